The van der Waals surface area contributed by atoms with Gasteiger partial charge in [-0.05, 0) is 31.8 Å². The lowest BCUT2D eigenvalue weighted by atomic mass is 9.71. The number of thiazole rings is 1. The smallest absolute Gasteiger partial charge is 0.309 e. The molecule has 3 rings (SSSR count). The summed E-state index contributed by atoms with van der Waals surface area (Å²) >= 11 is 1.38. The molecule has 1 aromatic rings. The number of aromatic nitrogens is 1. The van der Waals surface area contributed by atoms with Crippen molar-refractivity contribution in [2.75, 3.05) is 0 Å². The molecule has 36 heavy (non-hydrogen) atoms. The van der Waals surface area contributed by atoms with Crippen LogP contribution in [0.4, 0.5) is 4.39 Å². The highest BCUT2D eigenvalue weighted by Gasteiger charge is 2.45. The van der Waals surface area contributed by atoms with E-state index in [1.165, 1.54) is 31.3 Å². The number of aliphatic hydroxyl groups excluding tert-OH is 2. The lowest BCUT2D eigenvalue weighted by molar-refractivity contribution is -0.155. The maximum atomic E-state index is 15.2. The zero-order chi connectivity index (χ0) is 26.6. The minimum absolute atomic E-state index is 0.0208. The highest BCUT2D eigenvalue weighted by molar-refractivity contribution is 7.09. The Morgan fingerprint density at radius 1 is 1.33 bits per heavy atom. The quantitative estimate of drug-likeness (QED) is 0.352. The average Bonchev–Trinajstić information content (AvgIpc) is 3.42. The van der Waals surface area contributed by atoms with E-state index in [1.54, 1.807) is 5.38 Å². The lowest BCUT2D eigenvalue weighted by Gasteiger charge is -2.35. The van der Waals surface area contributed by atoms with Gasteiger partial charge in [-0.25, -0.2) is 9.37 Å². The highest BCUT2D eigenvalue weighted by Crippen LogP contribution is 2.37. The molecule has 2 aliphatic heterocycles. The standard InChI is InChI=1S/C27H36FNO6S/c1-6-8-18-25(32)15(2)9-7-10-20-22(34-20)12-21(19(28)11-17-14-36-16(3)29-17)35-24(31)13-23(30)27(4,5)26(18)33/h1,11,14-15,18,20-23,25,30,32H,7-10,12-13H2,2-5H3/b19-11-/t15-,18-,20+,21+,22+,23-,25+/m1/s1. The summed E-state index contributed by atoms with van der Waals surface area (Å²) in [5, 5.41) is 24.3. The van der Waals surface area contributed by atoms with Crippen LogP contribution in [0.1, 0.15) is 70.0 Å². The van der Waals surface area contributed by atoms with Gasteiger partial charge in [0.25, 0.3) is 0 Å². The molecule has 9 heteroatoms. The van der Waals surface area contributed by atoms with Crippen molar-refractivity contribution in [1.29, 1.82) is 0 Å². The molecule has 7 nitrogen and oxygen atoms in total. The van der Waals surface area contributed by atoms with Gasteiger partial charge in [0, 0.05) is 18.2 Å². The van der Waals surface area contributed by atoms with Gasteiger partial charge in [0.05, 0.1) is 52.9 Å². The van der Waals surface area contributed by atoms with Crippen molar-refractivity contribution in [3.63, 3.8) is 0 Å². The Balaban J connectivity index is 1.85. The van der Waals surface area contributed by atoms with Crippen LogP contribution < -0.4 is 0 Å². The van der Waals surface area contributed by atoms with Crippen molar-refractivity contribution in [2.24, 2.45) is 17.3 Å². The van der Waals surface area contributed by atoms with Crippen LogP contribution in [0, 0.1) is 36.5 Å². The maximum absolute atomic E-state index is 15.2. The topological polar surface area (TPSA) is 109 Å². The summed E-state index contributed by atoms with van der Waals surface area (Å²) < 4.78 is 26.4. The Bertz CT molecular complexity index is 1010. The number of carbonyl (C=O) groups excluding carboxylic acids is 2. The number of hydrogen-bond acceptors (Lipinski definition) is 8. The molecule has 0 aromatic carbocycles. The summed E-state index contributed by atoms with van der Waals surface area (Å²) in [5.74, 6) is -0.526. The fraction of sp³-hybridized carbons (Fsp3) is 0.667. The summed E-state index contributed by atoms with van der Waals surface area (Å²) in [6.07, 6.45) is 4.55. The predicted octanol–water partition coefficient (Wildman–Crippen LogP) is 4.00. The van der Waals surface area contributed by atoms with Crippen molar-refractivity contribution < 1.29 is 33.7 Å². The van der Waals surface area contributed by atoms with Crippen LogP contribution in [-0.2, 0) is 19.1 Å². The number of epoxide rings is 1. The second-order valence-corrected chi connectivity index (χ2v) is 11.5. The minimum atomic E-state index is -1.41. The van der Waals surface area contributed by atoms with E-state index in [4.69, 9.17) is 15.9 Å². The summed E-state index contributed by atoms with van der Waals surface area (Å²) in [6.45, 7) is 6.71. The number of ketones is 1. The van der Waals surface area contributed by atoms with Gasteiger partial charge in [0.2, 0.25) is 0 Å². The van der Waals surface area contributed by atoms with E-state index in [0.717, 1.165) is 11.4 Å². The first kappa shape index (κ1) is 28.5. The summed E-state index contributed by atoms with van der Waals surface area (Å²) in [5.41, 5.74) is -0.948. The number of halogens is 1. The molecule has 0 aliphatic carbocycles. The number of fused-ring (bicyclic) bond motifs is 1. The number of esters is 1. The molecule has 198 valence electrons. The Hall–Kier alpha value is -2.12. The molecule has 0 radical (unpaired) electrons. The van der Waals surface area contributed by atoms with Crippen LogP contribution in [0.2, 0.25) is 0 Å². The predicted molar refractivity (Wildman–Crippen MR) is 134 cm³/mol. The summed E-state index contributed by atoms with van der Waals surface area (Å²) in [6, 6.07) is 0. The third-order valence-electron chi connectivity index (χ3n) is 7.28. The SMILES string of the molecule is C#CC[C@H]1C(=O)C(C)(C)[C@H](O)CC(=O)O[C@H](/C(F)=C/c2csc(C)n2)C[C@@H]2O[C@H]2CCC[C@@H](C)[C@@H]1O. The van der Waals surface area contributed by atoms with Gasteiger partial charge in [0.1, 0.15) is 11.6 Å². The molecule has 0 spiro atoms. The van der Waals surface area contributed by atoms with Crippen LogP contribution in [-0.4, -0.2) is 57.5 Å². The van der Waals surface area contributed by atoms with E-state index in [2.05, 4.69) is 10.9 Å². The van der Waals surface area contributed by atoms with Crippen LogP contribution in [0.3, 0.4) is 0 Å². The van der Waals surface area contributed by atoms with Crippen LogP contribution in [0.5, 0.6) is 0 Å². The minimum Gasteiger partial charge on any atom is -0.455 e. The number of carbonyl (C=O) groups is 2. The number of nitrogens with zero attached hydrogens (tertiary/aromatic N) is 1. The average molecular weight is 522 g/mol. The Labute approximate surface area is 216 Å². The number of rotatable bonds is 3. The van der Waals surface area contributed by atoms with E-state index in [1.807, 2.05) is 13.8 Å². The Morgan fingerprint density at radius 2 is 2.06 bits per heavy atom. The third-order valence-corrected chi connectivity index (χ3v) is 8.08. The van der Waals surface area contributed by atoms with E-state index in [9.17, 15) is 19.8 Å². The number of aryl methyl sites for hydroxylation is 1. The largest absolute Gasteiger partial charge is 0.455 e. The first-order chi connectivity index (χ1) is 16.9. The number of Topliss-reactive ketones (excluding diaryl/α,β-unsaturated/α-hetero) is 1. The fourth-order valence-electron chi connectivity index (χ4n) is 4.71. The molecule has 0 saturated carbocycles. The van der Waals surface area contributed by atoms with Gasteiger partial charge in [-0.2, -0.15) is 0 Å². The normalized spacial score (nSPS) is 34.4. The summed E-state index contributed by atoms with van der Waals surface area (Å²) in [7, 11) is 0. The van der Waals surface area contributed by atoms with Crippen LogP contribution in [0.25, 0.3) is 6.08 Å². The molecule has 2 N–H and O–H groups in total. The molecule has 2 fully saturated rings. The third kappa shape index (κ3) is 7.00. The number of hydrogen-bond donors (Lipinski definition) is 2. The van der Waals surface area contributed by atoms with Crippen molar-refractivity contribution in [2.45, 2.75) is 96.7 Å². The van der Waals surface area contributed by atoms with E-state index in [-0.39, 0.29) is 31.0 Å². The monoisotopic (exact) mass is 521 g/mol. The second kappa shape index (κ2) is 12.0. The first-order valence-corrected chi connectivity index (χ1v) is 13.3. The molecule has 0 bridgehead atoms. The van der Waals surface area contributed by atoms with E-state index < -0.39 is 53.6 Å². The number of aliphatic hydroxyl groups is 2. The van der Waals surface area contributed by atoms with E-state index in [0.29, 0.717) is 18.5 Å². The van der Waals surface area contributed by atoms with Crippen molar-refractivity contribution in [3.05, 3.63) is 21.9 Å². The molecule has 7 atom stereocenters. The highest BCUT2D eigenvalue weighted by atomic mass is 32.1. The second-order valence-electron chi connectivity index (χ2n) is 10.5. The van der Waals surface area contributed by atoms with Crippen LogP contribution in [0.15, 0.2) is 11.2 Å². The van der Waals surface area contributed by atoms with Gasteiger partial charge in [-0.1, -0.05) is 27.2 Å². The Kier molecular flexibility index (Phi) is 9.44. The maximum Gasteiger partial charge on any atom is 0.309 e. The van der Waals surface area contributed by atoms with Gasteiger partial charge in [-0.3, -0.25) is 9.59 Å². The molecule has 0 unspecified atom stereocenters. The van der Waals surface area contributed by atoms with Gasteiger partial charge < -0.3 is 19.7 Å². The number of cyclic esters (lactones) is 1. The van der Waals surface area contributed by atoms with Crippen LogP contribution >= 0.6 is 11.3 Å². The molecule has 0 amide bonds. The fourth-order valence-corrected chi connectivity index (χ4v) is 5.28. The number of terminal acetylenes is 1. The molecular weight excluding hydrogens is 485 g/mol. The summed E-state index contributed by atoms with van der Waals surface area (Å²) in [4.78, 5) is 30.4. The molecule has 2 aliphatic rings. The lowest BCUT2D eigenvalue weighted by Crippen LogP contribution is -2.46. The molecule has 3 heterocycles. The van der Waals surface area contributed by atoms with Gasteiger partial charge >= 0.3 is 5.97 Å². The molecule has 1 aromatic heterocycles. The number of ether oxygens (including phenoxy) is 2. The van der Waals surface area contributed by atoms with Crippen molar-refractivity contribution in [3.8, 4) is 12.3 Å². The molecular formula is C27H36FNO6S. The first-order valence-electron chi connectivity index (χ1n) is 12.4. The molecule has 2 saturated heterocycles. The van der Waals surface area contributed by atoms with Gasteiger partial charge in [0.15, 0.2) is 6.10 Å². The zero-order valence-electron chi connectivity index (χ0n) is 21.3. The van der Waals surface area contributed by atoms with Crippen molar-refractivity contribution >= 4 is 29.2 Å². The Morgan fingerprint density at radius 3 is 2.69 bits per heavy atom. The zero-order valence-corrected chi connectivity index (χ0v) is 22.1. The van der Waals surface area contributed by atoms with E-state index >= 15 is 4.39 Å². The van der Waals surface area contributed by atoms with Crippen molar-refractivity contribution in [1.82, 2.24) is 4.98 Å². The van der Waals surface area contributed by atoms with Gasteiger partial charge in [-0.15, -0.1) is 23.7 Å².